The maximum atomic E-state index is 12.2. The summed E-state index contributed by atoms with van der Waals surface area (Å²) >= 11 is 13.2. The highest BCUT2D eigenvalue weighted by molar-refractivity contribution is 6.39. The van der Waals surface area contributed by atoms with E-state index in [4.69, 9.17) is 32.5 Å². The van der Waals surface area contributed by atoms with Crippen molar-refractivity contribution < 1.29 is 14.1 Å². The minimum Gasteiger partial charge on any atom is -0.465 e. The molecule has 9 heteroatoms. The molecule has 1 aliphatic carbocycles. The number of aryl methyl sites for hydroxylation is 1. The van der Waals surface area contributed by atoms with Gasteiger partial charge in [0.05, 0.1) is 28.2 Å². The predicted molar refractivity (Wildman–Crippen MR) is 158 cm³/mol. The number of aromatic nitrogens is 2. The third kappa shape index (κ3) is 4.13. The first kappa shape index (κ1) is 25.9. The highest BCUT2D eigenvalue weighted by atomic mass is 35.5. The molecule has 2 unspecified atom stereocenters. The van der Waals surface area contributed by atoms with E-state index < -0.39 is 0 Å². The number of carbonyl (C=O) groups is 1. The summed E-state index contributed by atoms with van der Waals surface area (Å²) in [7, 11) is 3.40. The van der Waals surface area contributed by atoms with Crippen LogP contribution < -0.4 is 4.90 Å². The van der Waals surface area contributed by atoms with Crippen LogP contribution in [0.2, 0.25) is 10.0 Å². The number of hydrogen-bond donors (Lipinski definition) is 0. The van der Waals surface area contributed by atoms with E-state index in [1.807, 2.05) is 36.0 Å². The average molecular weight is 580 g/mol. The molecule has 4 aromatic rings. The van der Waals surface area contributed by atoms with Crippen molar-refractivity contribution in [3.05, 3.63) is 69.5 Å². The largest absolute Gasteiger partial charge is 0.465 e. The maximum absolute atomic E-state index is 12.2. The van der Waals surface area contributed by atoms with Crippen LogP contribution in [0, 0.1) is 5.92 Å². The van der Waals surface area contributed by atoms with Crippen molar-refractivity contribution in [2.75, 3.05) is 31.6 Å². The second-order valence-corrected chi connectivity index (χ2v) is 12.3. The lowest BCUT2D eigenvalue weighted by Gasteiger charge is -2.35. The molecular formula is C31H32Cl2N4O3. The molecule has 2 aromatic carbocycles. The summed E-state index contributed by atoms with van der Waals surface area (Å²) < 4.78 is 12.9. The van der Waals surface area contributed by atoms with Gasteiger partial charge in [-0.25, -0.2) is 4.79 Å². The number of methoxy groups -OCH3 is 1. The minimum atomic E-state index is -0.305. The lowest BCUT2D eigenvalue weighted by molar-refractivity contribution is 0.0602. The summed E-state index contributed by atoms with van der Waals surface area (Å²) in [4.78, 5) is 17.4. The Labute approximate surface area is 243 Å². The summed E-state index contributed by atoms with van der Waals surface area (Å²) in [5.41, 5.74) is 5.56. The first-order valence-corrected chi connectivity index (χ1v) is 14.7. The van der Waals surface area contributed by atoms with E-state index in [1.54, 1.807) is 0 Å². The van der Waals surface area contributed by atoms with E-state index in [0.717, 1.165) is 72.4 Å². The molecule has 3 atom stereocenters. The molecule has 3 aliphatic rings. The molecule has 3 fully saturated rings. The number of hydrogen-bond acceptors (Lipinski definition) is 6. The number of benzene rings is 2. The topological polar surface area (TPSA) is 63.7 Å². The van der Waals surface area contributed by atoms with Crippen molar-refractivity contribution in [3.8, 4) is 11.3 Å². The smallest absolute Gasteiger partial charge is 0.340 e. The van der Waals surface area contributed by atoms with Crippen molar-refractivity contribution in [1.29, 1.82) is 0 Å². The molecule has 0 amide bonds. The summed E-state index contributed by atoms with van der Waals surface area (Å²) in [5.74, 6) is 1.71. The van der Waals surface area contributed by atoms with Crippen LogP contribution in [0.15, 0.2) is 47.1 Å². The van der Waals surface area contributed by atoms with Gasteiger partial charge in [-0.2, -0.15) is 0 Å². The van der Waals surface area contributed by atoms with Gasteiger partial charge in [0, 0.05) is 73.1 Å². The molecule has 0 N–H and O–H groups in total. The third-order valence-electron chi connectivity index (χ3n) is 9.21. The van der Waals surface area contributed by atoms with Crippen molar-refractivity contribution in [3.63, 3.8) is 0 Å². The standard InChI is InChI=1S/C31H32Cl2N4O3/c1-17-26-16-37(19-9-10-20-22(31(38)39-3)14-35(2)25(20)13-19)27(17)15-36(26)12-11-21-29(34-40-30(21)18-7-8-18)28-23(32)5-4-6-24(28)33/h4-6,9-10,13-14,17-18,26-27H,7-8,11-12,15-16H2,1-3H3/t17-,26?,27?/m1/s1. The molecule has 0 radical (unpaired) electrons. The van der Waals surface area contributed by atoms with Crippen molar-refractivity contribution in [2.24, 2.45) is 13.0 Å². The van der Waals surface area contributed by atoms with Crippen LogP contribution in [0.1, 0.15) is 47.4 Å². The molecule has 2 aromatic heterocycles. The Bertz CT molecular complexity index is 1600. The fourth-order valence-corrected chi connectivity index (χ4v) is 7.49. The summed E-state index contributed by atoms with van der Waals surface area (Å²) in [6.07, 6.45) is 5.00. The molecule has 4 heterocycles. The van der Waals surface area contributed by atoms with Gasteiger partial charge in [0.25, 0.3) is 0 Å². The fraction of sp³-hybridized carbons (Fsp3) is 0.419. The fourth-order valence-electron chi connectivity index (χ4n) is 6.92. The zero-order chi connectivity index (χ0) is 27.7. The van der Waals surface area contributed by atoms with Crippen LogP contribution in [0.25, 0.3) is 22.2 Å². The number of carbonyl (C=O) groups excluding carboxylic acids is 1. The number of halogens is 2. The molecule has 2 saturated heterocycles. The molecule has 7 nitrogen and oxygen atoms in total. The van der Waals surface area contributed by atoms with E-state index in [0.29, 0.717) is 39.5 Å². The van der Waals surface area contributed by atoms with Gasteiger partial charge in [0.1, 0.15) is 11.5 Å². The zero-order valence-corrected chi connectivity index (χ0v) is 24.4. The summed E-state index contributed by atoms with van der Waals surface area (Å²) in [6, 6.07) is 12.9. The van der Waals surface area contributed by atoms with Gasteiger partial charge in [0.15, 0.2) is 0 Å². The molecule has 2 aliphatic heterocycles. The first-order valence-electron chi connectivity index (χ1n) is 14.0. The van der Waals surface area contributed by atoms with E-state index in [1.165, 1.54) is 12.8 Å². The van der Waals surface area contributed by atoms with Crippen LogP contribution in [0.3, 0.4) is 0 Å². The van der Waals surface area contributed by atoms with Crippen molar-refractivity contribution in [2.45, 2.75) is 44.2 Å². The number of ether oxygens (including phenoxy) is 1. The molecule has 2 bridgehead atoms. The highest BCUT2D eigenvalue weighted by Gasteiger charge is 2.49. The van der Waals surface area contributed by atoms with Gasteiger partial charge >= 0.3 is 5.97 Å². The van der Waals surface area contributed by atoms with Gasteiger partial charge in [-0.1, -0.05) is 41.3 Å². The normalized spacial score (nSPS) is 22.5. The Morgan fingerprint density at radius 1 is 1.12 bits per heavy atom. The molecule has 7 rings (SSSR count). The molecule has 40 heavy (non-hydrogen) atoms. The number of nitrogens with zero attached hydrogens (tertiary/aromatic N) is 4. The number of rotatable bonds is 7. The van der Waals surface area contributed by atoms with E-state index in [9.17, 15) is 4.79 Å². The van der Waals surface area contributed by atoms with Crippen LogP contribution >= 0.6 is 23.2 Å². The number of fused-ring (bicyclic) bond motifs is 3. The van der Waals surface area contributed by atoms with E-state index in [2.05, 4.69) is 40.1 Å². The summed E-state index contributed by atoms with van der Waals surface area (Å²) in [6.45, 7) is 5.30. The van der Waals surface area contributed by atoms with Crippen LogP contribution in [0.5, 0.6) is 0 Å². The Kier molecular flexibility index (Phi) is 6.37. The Morgan fingerprint density at radius 3 is 2.58 bits per heavy atom. The van der Waals surface area contributed by atoms with Gasteiger partial charge < -0.3 is 18.7 Å². The Morgan fingerprint density at radius 2 is 1.90 bits per heavy atom. The number of likely N-dealkylation sites (tertiary alicyclic amines) is 1. The quantitative estimate of drug-likeness (QED) is 0.231. The Hall–Kier alpha value is -3.00. The van der Waals surface area contributed by atoms with Gasteiger partial charge in [-0.3, -0.25) is 4.90 Å². The van der Waals surface area contributed by atoms with E-state index in [-0.39, 0.29) is 5.97 Å². The van der Waals surface area contributed by atoms with Crippen LogP contribution in [-0.4, -0.2) is 59.4 Å². The van der Waals surface area contributed by atoms with Gasteiger partial charge in [-0.05, 0) is 55.5 Å². The van der Waals surface area contributed by atoms with Crippen molar-refractivity contribution >= 4 is 45.8 Å². The summed E-state index contributed by atoms with van der Waals surface area (Å²) in [5, 5.41) is 6.60. The van der Waals surface area contributed by atoms with E-state index >= 15 is 0 Å². The van der Waals surface area contributed by atoms with Crippen molar-refractivity contribution in [1.82, 2.24) is 14.6 Å². The second kappa shape index (κ2) is 9.82. The lowest BCUT2D eigenvalue weighted by atomic mass is 10.0. The SMILES string of the molecule is COC(=O)c1cn(C)c2cc(N3CC4[C@@H](C)C3CN4CCc3c(-c4c(Cl)cccc4Cl)noc3C3CC3)ccc12. The van der Waals surface area contributed by atoms with Gasteiger partial charge in [0.2, 0.25) is 0 Å². The van der Waals surface area contributed by atoms with Crippen LogP contribution in [0.4, 0.5) is 5.69 Å². The Balaban J connectivity index is 1.11. The zero-order valence-electron chi connectivity index (χ0n) is 22.9. The maximum Gasteiger partial charge on any atom is 0.340 e. The van der Waals surface area contributed by atoms with Gasteiger partial charge in [-0.15, -0.1) is 0 Å². The number of piperazine rings is 1. The molecule has 1 saturated carbocycles. The number of anilines is 1. The first-order chi connectivity index (χ1) is 19.4. The monoisotopic (exact) mass is 578 g/mol. The predicted octanol–water partition coefficient (Wildman–Crippen LogP) is 6.56. The highest BCUT2D eigenvalue weighted by Crippen LogP contribution is 2.46. The molecule has 0 spiro atoms. The molecule has 208 valence electrons. The lowest BCUT2D eigenvalue weighted by Crippen LogP contribution is -2.47. The minimum absolute atomic E-state index is 0.305. The molecular weight excluding hydrogens is 547 g/mol. The average Bonchev–Trinajstić information content (AvgIpc) is 3.40. The number of esters is 1. The second-order valence-electron chi connectivity index (χ2n) is 11.5. The third-order valence-corrected chi connectivity index (χ3v) is 9.84. The van der Waals surface area contributed by atoms with Crippen LogP contribution in [-0.2, 0) is 18.2 Å².